The molecule has 0 unspecified atom stereocenters. The highest BCUT2D eigenvalue weighted by Crippen LogP contribution is 2.18. The van der Waals surface area contributed by atoms with Crippen LogP contribution < -0.4 is 0 Å². The molecule has 0 aliphatic rings. The molecule has 0 fully saturated rings. The van der Waals surface area contributed by atoms with Gasteiger partial charge < -0.3 is 14.2 Å². The van der Waals surface area contributed by atoms with Gasteiger partial charge in [0, 0.05) is 18.5 Å². The van der Waals surface area contributed by atoms with Crippen molar-refractivity contribution in [3.8, 4) is 0 Å². The highest BCUT2D eigenvalue weighted by molar-refractivity contribution is 5.86. The second-order valence-electron chi connectivity index (χ2n) is 4.60. The van der Waals surface area contributed by atoms with Crippen molar-refractivity contribution in [3.05, 3.63) is 30.0 Å². The summed E-state index contributed by atoms with van der Waals surface area (Å²) in [6.07, 6.45) is 0.349. The van der Waals surface area contributed by atoms with Crippen LogP contribution in [0.5, 0.6) is 0 Å². The molecule has 0 N–H and O–H groups in total. The minimum Gasteiger partial charge on any atom is -0.469 e. The molecule has 21 heavy (non-hydrogen) atoms. The second kappa shape index (κ2) is 6.88. The summed E-state index contributed by atoms with van der Waals surface area (Å²) in [5, 5.41) is 4.79. The van der Waals surface area contributed by atoms with Crippen LogP contribution in [0.4, 0.5) is 0 Å². The first-order valence-electron chi connectivity index (χ1n) is 6.83. The van der Waals surface area contributed by atoms with E-state index in [9.17, 15) is 9.59 Å². The summed E-state index contributed by atoms with van der Waals surface area (Å²) < 4.78 is 9.77. The molecule has 0 atom stereocenters. The Kier molecular flexibility index (Phi) is 4.92. The zero-order chi connectivity index (χ0) is 15.2. The van der Waals surface area contributed by atoms with Crippen LogP contribution in [-0.2, 0) is 20.7 Å². The maximum absolute atomic E-state index is 12.3. The van der Waals surface area contributed by atoms with Crippen LogP contribution in [-0.4, -0.2) is 42.1 Å². The molecular formula is C15H18N2O4. The Bertz CT molecular complexity index is 635. The van der Waals surface area contributed by atoms with Gasteiger partial charge in [-0.3, -0.25) is 9.59 Å². The third kappa shape index (κ3) is 3.59. The third-order valence-corrected chi connectivity index (χ3v) is 3.32. The van der Waals surface area contributed by atoms with Crippen molar-refractivity contribution < 1.29 is 18.8 Å². The van der Waals surface area contributed by atoms with Crippen LogP contribution in [0.1, 0.15) is 19.0 Å². The van der Waals surface area contributed by atoms with Crippen molar-refractivity contribution in [1.29, 1.82) is 0 Å². The van der Waals surface area contributed by atoms with E-state index in [1.165, 1.54) is 7.11 Å². The first-order valence-corrected chi connectivity index (χ1v) is 6.83. The predicted molar refractivity (Wildman–Crippen MR) is 76.6 cm³/mol. The Balaban J connectivity index is 2.03. The van der Waals surface area contributed by atoms with Crippen molar-refractivity contribution in [2.75, 3.05) is 20.2 Å². The fourth-order valence-corrected chi connectivity index (χ4v) is 2.11. The number of ether oxygens (including phenoxy) is 1. The highest BCUT2D eigenvalue weighted by atomic mass is 16.5. The van der Waals surface area contributed by atoms with Gasteiger partial charge in [0.25, 0.3) is 0 Å². The Morgan fingerprint density at radius 1 is 1.33 bits per heavy atom. The largest absolute Gasteiger partial charge is 0.469 e. The van der Waals surface area contributed by atoms with Gasteiger partial charge in [0.15, 0.2) is 5.58 Å². The quantitative estimate of drug-likeness (QED) is 0.758. The average Bonchev–Trinajstić information content (AvgIpc) is 2.91. The monoisotopic (exact) mass is 290 g/mol. The molecule has 6 heteroatoms. The van der Waals surface area contributed by atoms with Gasteiger partial charge in [0.2, 0.25) is 5.91 Å². The van der Waals surface area contributed by atoms with Crippen molar-refractivity contribution >= 4 is 22.8 Å². The number of esters is 1. The number of likely N-dealkylation sites (N-methyl/N-ethyl adjacent to an activating group) is 1. The molecule has 6 nitrogen and oxygen atoms in total. The summed E-state index contributed by atoms with van der Waals surface area (Å²) in [6, 6.07) is 7.42. The van der Waals surface area contributed by atoms with Crippen LogP contribution in [0.3, 0.4) is 0 Å². The summed E-state index contributed by atoms with van der Waals surface area (Å²) in [7, 11) is 1.34. The van der Waals surface area contributed by atoms with Gasteiger partial charge in [-0.25, -0.2) is 0 Å². The summed E-state index contributed by atoms with van der Waals surface area (Å²) in [6.45, 7) is 2.75. The molecule has 1 aromatic heterocycles. The third-order valence-electron chi connectivity index (χ3n) is 3.32. The molecule has 1 amide bonds. The van der Waals surface area contributed by atoms with E-state index >= 15 is 0 Å². The standard InChI is InChI=1S/C15H18N2O4/c1-3-17(9-8-15(19)20-2)14(18)10-12-11-6-4-5-7-13(11)21-16-12/h4-7H,3,8-10H2,1-2H3. The topological polar surface area (TPSA) is 72.6 Å². The number of amides is 1. The van der Waals surface area contributed by atoms with Crippen LogP contribution >= 0.6 is 0 Å². The number of hydrogen-bond acceptors (Lipinski definition) is 5. The number of rotatable bonds is 6. The SMILES string of the molecule is CCN(CCC(=O)OC)C(=O)Cc1noc2ccccc12. The summed E-state index contributed by atoms with van der Waals surface area (Å²) >= 11 is 0. The van der Waals surface area contributed by atoms with E-state index in [0.29, 0.717) is 24.4 Å². The molecule has 0 saturated carbocycles. The first kappa shape index (κ1) is 15.0. The number of fused-ring (bicyclic) bond motifs is 1. The van der Waals surface area contributed by atoms with E-state index in [-0.39, 0.29) is 24.7 Å². The lowest BCUT2D eigenvalue weighted by molar-refractivity contribution is -0.141. The molecule has 0 radical (unpaired) electrons. The van der Waals surface area contributed by atoms with Gasteiger partial charge in [0.1, 0.15) is 5.69 Å². The number of carbonyl (C=O) groups is 2. The zero-order valence-corrected chi connectivity index (χ0v) is 12.2. The number of methoxy groups -OCH3 is 1. The van der Waals surface area contributed by atoms with E-state index < -0.39 is 0 Å². The number of hydrogen-bond donors (Lipinski definition) is 0. The first-order chi connectivity index (χ1) is 10.2. The van der Waals surface area contributed by atoms with Gasteiger partial charge in [-0.2, -0.15) is 0 Å². The summed E-state index contributed by atoms with van der Waals surface area (Å²) in [5.74, 6) is -0.409. The van der Waals surface area contributed by atoms with Crippen molar-refractivity contribution in [2.24, 2.45) is 0 Å². The van der Waals surface area contributed by atoms with Crippen LogP contribution in [0.25, 0.3) is 11.0 Å². The molecule has 0 aliphatic carbocycles. The van der Waals surface area contributed by atoms with Crippen LogP contribution in [0.15, 0.2) is 28.8 Å². The maximum atomic E-state index is 12.3. The minimum absolute atomic E-state index is 0.0829. The van der Waals surface area contributed by atoms with Gasteiger partial charge in [-0.05, 0) is 19.1 Å². The fraction of sp³-hybridized carbons (Fsp3) is 0.400. The van der Waals surface area contributed by atoms with Crippen molar-refractivity contribution in [3.63, 3.8) is 0 Å². The number of aromatic nitrogens is 1. The summed E-state index contributed by atoms with van der Waals surface area (Å²) in [5.41, 5.74) is 1.28. The Labute approximate surface area is 122 Å². The van der Waals surface area contributed by atoms with Crippen molar-refractivity contribution in [1.82, 2.24) is 10.1 Å². The Morgan fingerprint density at radius 3 is 2.81 bits per heavy atom. The molecular weight excluding hydrogens is 272 g/mol. The second-order valence-corrected chi connectivity index (χ2v) is 4.60. The Morgan fingerprint density at radius 2 is 2.10 bits per heavy atom. The van der Waals surface area contributed by atoms with Crippen LogP contribution in [0.2, 0.25) is 0 Å². The fourth-order valence-electron chi connectivity index (χ4n) is 2.11. The highest BCUT2D eigenvalue weighted by Gasteiger charge is 2.17. The smallest absolute Gasteiger partial charge is 0.307 e. The van der Waals surface area contributed by atoms with Gasteiger partial charge in [-0.15, -0.1) is 0 Å². The van der Waals surface area contributed by atoms with E-state index in [1.807, 2.05) is 31.2 Å². The Hall–Kier alpha value is -2.37. The molecule has 0 bridgehead atoms. The number of para-hydroxylation sites is 1. The summed E-state index contributed by atoms with van der Waals surface area (Å²) in [4.78, 5) is 25.0. The number of benzene rings is 1. The van der Waals surface area contributed by atoms with E-state index in [0.717, 1.165) is 5.39 Å². The lowest BCUT2D eigenvalue weighted by Gasteiger charge is -2.19. The minimum atomic E-state index is -0.326. The lowest BCUT2D eigenvalue weighted by Crippen LogP contribution is -2.34. The molecule has 1 heterocycles. The van der Waals surface area contributed by atoms with Gasteiger partial charge in [-0.1, -0.05) is 17.3 Å². The number of nitrogens with zero attached hydrogens (tertiary/aromatic N) is 2. The predicted octanol–water partition coefficient (Wildman–Crippen LogP) is 1.78. The van der Waals surface area contributed by atoms with Crippen LogP contribution in [0, 0.1) is 0 Å². The van der Waals surface area contributed by atoms with Gasteiger partial charge >= 0.3 is 5.97 Å². The van der Waals surface area contributed by atoms with E-state index in [1.54, 1.807) is 4.90 Å². The van der Waals surface area contributed by atoms with Gasteiger partial charge in [0.05, 0.1) is 20.0 Å². The zero-order valence-electron chi connectivity index (χ0n) is 12.2. The molecule has 112 valence electrons. The van der Waals surface area contributed by atoms with Crippen molar-refractivity contribution in [2.45, 2.75) is 19.8 Å². The maximum Gasteiger partial charge on any atom is 0.307 e. The molecule has 2 aromatic rings. The number of carbonyl (C=O) groups excluding carboxylic acids is 2. The lowest BCUT2D eigenvalue weighted by atomic mass is 10.1. The molecule has 0 aliphatic heterocycles. The molecule has 0 saturated heterocycles. The molecule has 0 spiro atoms. The molecule has 2 rings (SSSR count). The van der Waals surface area contributed by atoms with E-state index in [4.69, 9.17) is 4.52 Å². The van der Waals surface area contributed by atoms with E-state index in [2.05, 4.69) is 9.89 Å². The molecule has 1 aromatic carbocycles. The normalized spacial score (nSPS) is 10.6. The average molecular weight is 290 g/mol.